The summed E-state index contributed by atoms with van der Waals surface area (Å²) >= 11 is 0. The number of amides is 1. The van der Waals surface area contributed by atoms with E-state index in [2.05, 4.69) is 15.4 Å². The van der Waals surface area contributed by atoms with Crippen LogP contribution in [0.25, 0.3) is 0 Å². The van der Waals surface area contributed by atoms with E-state index in [0.717, 1.165) is 17.7 Å². The average molecular weight is 452 g/mol. The average Bonchev–Trinajstić information content (AvgIpc) is 2.64. The number of hydrogen-bond donors (Lipinski definition) is 1. The highest BCUT2D eigenvalue weighted by atomic mass is 32.2. The van der Waals surface area contributed by atoms with Crippen molar-refractivity contribution in [3.8, 4) is 18.1 Å². The van der Waals surface area contributed by atoms with Crippen LogP contribution in [0.1, 0.15) is 23.1 Å². The first-order valence-electron chi connectivity index (χ1n) is 9.20. The minimum Gasteiger partial charge on any atom is -0.406 e. The lowest BCUT2D eigenvalue weighted by molar-refractivity contribution is -0.274. The van der Waals surface area contributed by atoms with Gasteiger partial charge in [0.25, 0.3) is 0 Å². The van der Waals surface area contributed by atoms with Gasteiger partial charge in [0.1, 0.15) is 5.75 Å². The SMILES string of the molecule is C#CCN1C(=O)CCc2cc(NS(=O)(=O)Cc3ccc(OC(F)(F)F)cc3)cc(C)c21. The predicted octanol–water partition coefficient (Wildman–Crippen LogP) is 3.75. The number of carbonyl (C=O) groups excluding carboxylic acids is 1. The number of aryl methyl sites for hydroxylation is 2. The van der Waals surface area contributed by atoms with Crippen LogP contribution < -0.4 is 14.4 Å². The van der Waals surface area contributed by atoms with Gasteiger partial charge in [0.15, 0.2) is 0 Å². The number of terminal acetylenes is 1. The summed E-state index contributed by atoms with van der Waals surface area (Å²) in [6, 6.07) is 7.88. The van der Waals surface area contributed by atoms with Gasteiger partial charge in [-0.2, -0.15) is 0 Å². The maximum absolute atomic E-state index is 12.6. The number of benzene rings is 2. The first kappa shape index (κ1) is 22.5. The predicted molar refractivity (Wildman–Crippen MR) is 110 cm³/mol. The van der Waals surface area contributed by atoms with E-state index in [0.29, 0.717) is 28.9 Å². The van der Waals surface area contributed by atoms with Crippen LogP contribution in [-0.4, -0.2) is 27.2 Å². The molecule has 0 spiro atoms. The van der Waals surface area contributed by atoms with E-state index in [1.165, 1.54) is 17.0 Å². The third-order valence-electron chi connectivity index (χ3n) is 4.59. The summed E-state index contributed by atoms with van der Waals surface area (Å²) in [6.45, 7) is 1.89. The molecule has 2 aromatic carbocycles. The van der Waals surface area contributed by atoms with Crippen molar-refractivity contribution in [3.05, 3.63) is 53.1 Å². The molecule has 0 aromatic heterocycles. The molecule has 1 aliphatic heterocycles. The van der Waals surface area contributed by atoms with E-state index in [9.17, 15) is 26.4 Å². The number of halogens is 3. The summed E-state index contributed by atoms with van der Waals surface area (Å²) in [5.41, 5.74) is 2.83. The van der Waals surface area contributed by atoms with E-state index in [-0.39, 0.29) is 18.9 Å². The molecule has 6 nitrogen and oxygen atoms in total. The summed E-state index contributed by atoms with van der Waals surface area (Å²) in [6.07, 6.45) is 1.28. The van der Waals surface area contributed by atoms with Crippen molar-refractivity contribution in [2.75, 3.05) is 16.2 Å². The maximum Gasteiger partial charge on any atom is 0.573 e. The van der Waals surface area contributed by atoms with Crippen molar-refractivity contribution in [3.63, 3.8) is 0 Å². The smallest absolute Gasteiger partial charge is 0.406 e. The van der Waals surface area contributed by atoms with Gasteiger partial charge in [-0.25, -0.2) is 8.42 Å². The minimum atomic E-state index is -4.82. The number of hydrogen-bond acceptors (Lipinski definition) is 4. The summed E-state index contributed by atoms with van der Waals surface area (Å²) < 4.78 is 68.1. The number of alkyl halides is 3. The number of nitrogens with one attached hydrogen (secondary N) is 1. The Bertz CT molecular complexity index is 1140. The molecule has 1 heterocycles. The Hall–Kier alpha value is -3.19. The third kappa shape index (κ3) is 5.70. The Kier molecular flexibility index (Phi) is 6.18. The molecule has 0 fully saturated rings. The fraction of sp³-hybridized carbons (Fsp3) is 0.286. The molecule has 0 aliphatic carbocycles. The Labute approximate surface area is 178 Å². The van der Waals surface area contributed by atoms with Crippen LogP contribution in [0.2, 0.25) is 0 Å². The van der Waals surface area contributed by atoms with Crippen molar-refractivity contribution in [1.29, 1.82) is 0 Å². The Morgan fingerprint density at radius 3 is 2.48 bits per heavy atom. The molecule has 3 rings (SSSR count). The standard InChI is InChI=1S/C21H19F3N2O4S/c1-3-10-26-19(27)9-6-16-12-17(11-14(2)20(16)26)25-31(28,29)13-15-4-7-18(8-5-15)30-21(22,23)24/h1,4-5,7-8,11-12,25H,6,9-10,13H2,2H3. The van der Waals surface area contributed by atoms with Gasteiger partial charge in [-0.05, 0) is 54.3 Å². The van der Waals surface area contributed by atoms with Gasteiger partial charge in [0.05, 0.1) is 18.0 Å². The minimum absolute atomic E-state index is 0.0835. The summed E-state index contributed by atoms with van der Waals surface area (Å²) in [4.78, 5) is 13.7. The quantitative estimate of drug-likeness (QED) is 0.678. The molecule has 0 radical (unpaired) electrons. The molecule has 0 bridgehead atoms. The van der Waals surface area contributed by atoms with Gasteiger partial charge < -0.3 is 9.64 Å². The largest absolute Gasteiger partial charge is 0.573 e. The zero-order valence-electron chi connectivity index (χ0n) is 16.5. The van der Waals surface area contributed by atoms with E-state index < -0.39 is 27.9 Å². The van der Waals surface area contributed by atoms with Gasteiger partial charge >= 0.3 is 6.36 Å². The zero-order valence-corrected chi connectivity index (χ0v) is 17.3. The van der Waals surface area contributed by atoms with E-state index in [4.69, 9.17) is 6.42 Å². The zero-order chi connectivity index (χ0) is 22.8. The number of sulfonamides is 1. The molecule has 1 N–H and O–H groups in total. The normalized spacial score (nSPS) is 14.0. The highest BCUT2D eigenvalue weighted by Crippen LogP contribution is 2.34. The first-order valence-corrected chi connectivity index (χ1v) is 10.9. The molecule has 2 aromatic rings. The van der Waals surface area contributed by atoms with Crippen LogP contribution in [0.4, 0.5) is 24.5 Å². The molecule has 31 heavy (non-hydrogen) atoms. The maximum atomic E-state index is 12.6. The number of ether oxygens (including phenoxy) is 1. The Morgan fingerprint density at radius 2 is 1.87 bits per heavy atom. The van der Waals surface area contributed by atoms with Crippen LogP contribution in [0, 0.1) is 19.3 Å². The first-order chi connectivity index (χ1) is 14.5. The van der Waals surface area contributed by atoms with Gasteiger partial charge in [-0.15, -0.1) is 19.6 Å². The van der Waals surface area contributed by atoms with Crippen molar-refractivity contribution < 1.29 is 31.1 Å². The molecular weight excluding hydrogens is 433 g/mol. The van der Waals surface area contributed by atoms with E-state index in [1.54, 1.807) is 19.1 Å². The van der Waals surface area contributed by atoms with Crippen molar-refractivity contribution in [2.24, 2.45) is 0 Å². The topological polar surface area (TPSA) is 75.7 Å². The molecule has 1 amide bonds. The van der Waals surface area contributed by atoms with Crippen molar-refractivity contribution in [2.45, 2.75) is 31.9 Å². The van der Waals surface area contributed by atoms with Gasteiger partial charge in [0, 0.05) is 12.1 Å². The lowest BCUT2D eigenvalue weighted by Gasteiger charge is -2.30. The number of nitrogens with zero attached hydrogens (tertiary/aromatic N) is 1. The summed E-state index contributed by atoms with van der Waals surface area (Å²) in [5, 5.41) is 0. The van der Waals surface area contributed by atoms with E-state index in [1.807, 2.05) is 0 Å². The molecule has 0 unspecified atom stereocenters. The van der Waals surface area contributed by atoms with Crippen molar-refractivity contribution >= 4 is 27.3 Å². The number of rotatable bonds is 6. The number of anilines is 2. The van der Waals surface area contributed by atoms with Crippen LogP contribution >= 0.6 is 0 Å². The Balaban J connectivity index is 1.77. The molecule has 10 heteroatoms. The van der Waals surface area contributed by atoms with Crippen LogP contribution in [0.5, 0.6) is 5.75 Å². The van der Waals surface area contributed by atoms with Gasteiger partial charge in [-0.1, -0.05) is 18.1 Å². The highest BCUT2D eigenvalue weighted by Gasteiger charge is 2.31. The molecule has 1 aliphatic rings. The van der Waals surface area contributed by atoms with E-state index >= 15 is 0 Å². The third-order valence-corrected chi connectivity index (χ3v) is 5.86. The molecular formula is C21H19F3N2O4S. The van der Waals surface area contributed by atoms with Crippen LogP contribution in [-0.2, 0) is 27.0 Å². The fourth-order valence-corrected chi connectivity index (χ4v) is 4.65. The second-order valence-corrected chi connectivity index (χ2v) is 8.76. The van der Waals surface area contributed by atoms with Crippen LogP contribution in [0.15, 0.2) is 36.4 Å². The summed E-state index contributed by atoms with van der Waals surface area (Å²) in [7, 11) is -3.84. The monoisotopic (exact) mass is 452 g/mol. The molecule has 0 saturated heterocycles. The van der Waals surface area contributed by atoms with Crippen molar-refractivity contribution in [1.82, 2.24) is 0 Å². The fourth-order valence-electron chi connectivity index (χ4n) is 3.47. The molecule has 0 saturated carbocycles. The van der Waals surface area contributed by atoms with Gasteiger partial charge in [-0.3, -0.25) is 9.52 Å². The lowest BCUT2D eigenvalue weighted by atomic mass is 9.97. The highest BCUT2D eigenvalue weighted by molar-refractivity contribution is 7.91. The number of fused-ring (bicyclic) bond motifs is 1. The van der Waals surface area contributed by atoms with Crippen LogP contribution in [0.3, 0.4) is 0 Å². The summed E-state index contributed by atoms with van der Waals surface area (Å²) in [5.74, 6) is 1.51. The van der Waals surface area contributed by atoms with Gasteiger partial charge in [0.2, 0.25) is 15.9 Å². The lowest BCUT2D eigenvalue weighted by Crippen LogP contribution is -2.36. The number of carbonyl (C=O) groups is 1. The molecule has 164 valence electrons. The second-order valence-electron chi connectivity index (χ2n) is 7.04. The Morgan fingerprint density at radius 1 is 1.19 bits per heavy atom. The molecule has 0 atom stereocenters. The second kappa shape index (κ2) is 8.51.